The minimum atomic E-state index is -0.870. The SMILES string of the molecule is Cc1ccc(C)c(/C=C2/CC(C(C)(C)C)Cc3c2nc2ccccc2c3C(=O)O)c1. The number of aromatic nitrogens is 1. The number of benzene rings is 2. The number of carbonyl (C=O) groups is 1. The highest BCUT2D eigenvalue weighted by Crippen LogP contribution is 2.44. The van der Waals surface area contributed by atoms with Gasteiger partial charge in [0.2, 0.25) is 0 Å². The molecule has 1 heterocycles. The second kappa shape index (κ2) is 7.39. The van der Waals surface area contributed by atoms with Crippen molar-refractivity contribution < 1.29 is 9.90 Å². The summed E-state index contributed by atoms with van der Waals surface area (Å²) in [4.78, 5) is 17.3. The molecule has 0 fully saturated rings. The van der Waals surface area contributed by atoms with Crippen LogP contribution < -0.4 is 0 Å². The molecular formula is C27H29NO2. The van der Waals surface area contributed by atoms with E-state index < -0.39 is 5.97 Å². The van der Waals surface area contributed by atoms with E-state index in [9.17, 15) is 9.90 Å². The van der Waals surface area contributed by atoms with Crippen LogP contribution >= 0.6 is 0 Å². The van der Waals surface area contributed by atoms with Crippen LogP contribution in [0.25, 0.3) is 22.6 Å². The summed E-state index contributed by atoms with van der Waals surface area (Å²) in [6.07, 6.45) is 3.86. The van der Waals surface area contributed by atoms with Crippen LogP contribution in [0.1, 0.15) is 65.5 Å². The molecule has 154 valence electrons. The molecule has 1 atom stereocenters. The zero-order valence-corrected chi connectivity index (χ0v) is 18.4. The lowest BCUT2D eigenvalue weighted by Crippen LogP contribution is -2.28. The molecule has 3 nitrogen and oxygen atoms in total. The third-order valence-corrected chi connectivity index (χ3v) is 6.42. The Labute approximate surface area is 178 Å². The van der Waals surface area contributed by atoms with Gasteiger partial charge in [0.1, 0.15) is 0 Å². The molecule has 0 amide bonds. The molecule has 1 unspecified atom stereocenters. The fourth-order valence-corrected chi connectivity index (χ4v) is 4.48. The summed E-state index contributed by atoms with van der Waals surface area (Å²) in [5, 5.41) is 10.9. The van der Waals surface area contributed by atoms with E-state index in [2.05, 4.69) is 58.9 Å². The number of rotatable bonds is 2. The second-order valence-electron chi connectivity index (χ2n) is 9.64. The highest BCUT2D eigenvalue weighted by Gasteiger charge is 2.35. The number of nitrogens with zero attached hydrogens (tertiary/aromatic N) is 1. The van der Waals surface area contributed by atoms with Crippen molar-refractivity contribution in [2.45, 2.75) is 47.5 Å². The molecule has 0 bridgehead atoms. The van der Waals surface area contributed by atoms with Gasteiger partial charge in [0.15, 0.2) is 0 Å². The van der Waals surface area contributed by atoms with Crippen molar-refractivity contribution in [3.8, 4) is 0 Å². The van der Waals surface area contributed by atoms with Crippen LogP contribution in [0, 0.1) is 25.2 Å². The van der Waals surface area contributed by atoms with Crippen molar-refractivity contribution in [1.82, 2.24) is 4.98 Å². The van der Waals surface area contributed by atoms with Crippen molar-refractivity contribution in [2.24, 2.45) is 11.3 Å². The van der Waals surface area contributed by atoms with Gasteiger partial charge in [0, 0.05) is 5.39 Å². The first-order valence-electron chi connectivity index (χ1n) is 10.6. The molecular weight excluding hydrogens is 370 g/mol. The van der Waals surface area contributed by atoms with Gasteiger partial charge in [-0.2, -0.15) is 0 Å². The number of carboxylic acids is 1. The van der Waals surface area contributed by atoms with E-state index in [0.717, 1.165) is 40.6 Å². The molecule has 4 rings (SSSR count). The molecule has 0 spiro atoms. The maximum absolute atomic E-state index is 12.4. The Balaban J connectivity index is 2.03. The lowest BCUT2D eigenvalue weighted by molar-refractivity contribution is 0.0696. The summed E-state index contributed by atoms with van der Waals surface area (Å²) >= 11 is 0. The van der Waals surface area contributed by atoms with Crippen molar-refractivity contribution >= 4 is 28.5 Å². The Morgan fingerprint density at radius 2 is 1.83 bits per heavy atom. The predicted octanol–water partition coefficient (Wildman–Crippen LogP) is 6.70. The van der Waals surface area contributed by atoms with Gasteiger partial charge in [-0.3, -0.25) is 0 Å². The molecule has 3 heteroatoms. The van der Waals surface area contributed by atoms with Crippen molar-refractivity contribution in [2.75, 3.05) is 0 Å². The summed E-state index contributed by atoms with van der Waals surface area (Å²) in [6, 6.07) is 14.1. The van der Waals surface area contributed by atoms with Crippen LogP contribution in [-0.4, -0.2) is 16.1 Å². The predicted molar refractivity (Wildman–Crippen MR) is 124 cm³/mol. The van der Waals surface area contributed by atoms with E-state index in [1.807, 2.05) is 24.3 Å². The number of para-hydroxylation sites is 1. The third-order valence-electron chi connectivity index (χ3n) is 6.42. The number of aromatic carboxylic acids is 1. The van der Waals surface area contributed by atoms with Crippen molar-refractivity contribution in [1.29, 1.82) is 0 Å². The first-order chi connectivity index (χ1) is 14.1. The van der Waals surface area contributed by atoms with E-state index in [0.29, 0.717) is 11.5 Å². The van der Waals surface area contributed by atoms with Gasteiger partial charge in [-0.1, -0.05) is 62.7 Å². The molecule has 3 aromatic rings. The van der Waals surface area contributed by atoms with Gasteiger partial charge in [0.25, 0.3) is 0 Å². The average molecular weight is 400 g/mol. The average Bonchev–Trinajstić information content (AvgIpc) is 2.68. The minimum absolute atomic E-state index is 0.0693. The summed E-state index contributed by atoms with van der Waals surface area (Å²) < 4.78 is 0. The third kappa shape index (κ3) is 3.65. The topological polar surface area (TPSA) is 50.2 Å². The minimum Gasteiger partial charge on any atom is -0.478 e. The molecule has 2 aromatic carbocycles. The highest BCUT2D eigenvalue weighted by molar-refractivity contribution is 6.06. The molecule has 1 N–H and O–H groups in total. The number of pyridine rings is 1. The zero-order chi connectivity index (χ0) is 21.6. The Morgan fingerprint density at radius 1 is 1.10 bits per heavy atom. The molecule has 1 aromatic heterocycles. The van der Waals surface area contributed by atoms with Gasteiger partial charge in [-0.15, -0.1) is 0 Å². The van der Waals surface area contributed by atoms with E-state index >= 15 is 0 Å². The highest BCUT2D eigenvalue weighted by atomic mass is 16.4. The first kappa shape index (κ1) is 20.3. The van der Waals surface area contributed by atoms with Gasteiger partial charge in [0.05, 0.1) is 16.8 Å². The van der Waals surface area contributed by atoms with Gasteiger partial charge < -0.3 is 5.11 Å². The van der Waals surface area contributed by atoms with Crippen molar-refractivity contribution in [3.63, 3.8) is 0 Å². The largest absolute Gasteiger partial charge is 0.478 e. The Hall–Kier alpha value is -2.94. The lowest BCUT2D eigenvalue weighted by atomic mass is 9.69. The zero-order valence-electron chi connectivity index (χ0n) is 18.4. The maximum Gasteiger partial charge on any atom is 0.336 e. The van der Waals surface area contributed by atoms with Crippen LogP contribution in [0.3, 0.4) is 0 Å². The van der Waals surface area contributed by atoms with Gasteiger partial charge in [-0.05, 0) is 72.4 Å². The fourth-order valence-electron chi connectivity index (χ4n) is 4.48. The molecule has 30 heavy (non-hydrogen) atoms. The summed E-state index contributed by atoms with van der Waals surface area (Å²) in [5.41, 5.74) is 7.71. The number of fused-ring (bicyclic) bond motifs is 2. The van der Waals surface area contributed by atoms with Crippen LogP contribution in [0.5, 0.6) is 0 Å². The normalized spacial score (nSPS) is 17.9. The monoisotopic (exact) mass is 399 g/mol. The van der Waals surface area contributed by atoms with E-state index in [4.69, 9.17) is 4.98 Å². The molecule has 1 aliphatic rings. The Morgan fingerprint density at radius 3 is 2.53 bits per heavy atom. The first-order valence-corrected chi connectivity index (χ1v) is 10.6. The number of hydrogen-bond donors (Lipinski definition) is 1. The van der Waals surface area contributed by atoms with E-state index in [-0.39, 0.29) is 5.41 Å². The molecule has 1 aliphatic carbocycles. The number of carboxylic acid groups (broad SMARTS) is 1. The fraction of sp³-hybridized carbons (Fsp3) is 0.333. The van der Waals surface area contributed by atoms with Crippen LogP contribution in [0.15, 0.2) is 42.5 Å². The second-order valence-corrected chi connectivity index (χ2v) is 9.64. The quantitative estimate of drug-likeness (QED) is 0.522. The molecule has 0 saturated heterocycles. The Kier molecular flexibility index (Phi) is 5.01. The van der Waals surface area contributed by atoms with Gasteiger partial charge in [-0.25, -0.2) is 9.78 Å². The maximum atomic E-state index is 12.4. The molecule has 0 saturated carbocycles. The van der Waals surface area contributed by atoms with E-state index in [1.165, 1.54) is 16.7 Å². The van der Waals surface area contributed by atoms with Crippen LogP contribution in [0.4, 0.5) is 0 Å². The summed E-state index contributed by atoms with van der Waals surface area (Å²) in [5.74, 6) is -0.520. The van der Waals surface area contributed by atoms with Gasteiger partial charge >= 0.3 is 5.97 Å². The number of hydrogen-bond acceptors (Lipinski definition) is 2. The number of aryl methyl sites for hydroxylation is 2. The number of allylic oxidation sites excluding steroid dienone is 1. The van der Waals surface area contributed by atoms with Crippen LogP contribution in [0.2, 0.25) is 0 Å². The molecule has 0 aliphatic heterocycles. The summed E-state index contributed by atoms with van der Waals surface area (Å²) in [6.45, 7) is 10.9. The van der Waals surface area contributed by atoms with Crippen LogP contribution in [-0.2, 0) is 6.42 Å². The summed E-state index contributed by atoms with van der Waals surface area (Å²) in [7, 11) is 0. The lowest BCUT2D eigenvalue weighted by Gasteiger charge is -2.36. The smallest absolute Gasteiger partial charge is 0.336 e. The standard InChI is InChI=1S/C27H29NO2/c1-16-10-11-17(2)18(12-16)13-19-14-20(27(3,4)5)15-22-24(26(29)30)21-8-6-7-9-23(21)28-25(19)22/h6-13,20H,14-15H2,1-5H3,(H,29,30)/b19-13-. The van der Waals surface area contributed by atoms with E-state index in [1.54, 1.807) is 0 Å². The van der Waals surface area contributed by atoms with Crippen molar-refractivity contribution in [3.05, 3.63) is 76.0 Å². The Bertz CT molecular complexity index is 1180. The molecule has 0 radical (unpaired) electrons.